The molecular weight excluding hydrogens is 292 g/mol. The molecule has 1 amide bonds. The van der Waals surface area contributed by atoms with Crippen molar-refractivity contribution < 1.29 is 4.79 Å². The van der Waals surface area contributed by atoms with E-state index in [0.29, 0.717) is 17.7 Å². The van der Waals surface area contributed by atoms with Gasteiger partial charge < -0.3 is 14.5 Å². The Labute approximate surface area is 133 Å². The number of anilines is 1. The second kappa shape index (κ2) is 6.08. The lowest BCUT2D eigenvalue weighted by Gasteiger charge is -2.08. The summed E-state index contributed by atoms with van der Waals surface area (Å²) in [5, 5.41) is 3.39. The van der Waals surface area contributed by atoms with Gasteiger partial charge in [0.05, 0.1) is 10.9 Å². The average Bonchev–Trinajstić information content (AvgIpc) is 2.91. The van der Waals surface area contributed by atoms with Crippen molar-refractivity contribution in [3.05, 3.63) is 58.8 Å². The van der Waals surface area contributed by atoms with Gasteiger partial charge in [-0.15, -0.1) is 0 Å². The van der Waals surface area contributed by atoms with Crippen LogP contribution in [0.5, 0.6) is 0 Å². The molecule has 3 rings (SSSR count). The zero-order valence-electron chi connectivity index (χ0n) is 13.1. The molecule has 0 atom stereocenters. The van der Waals surface area contributed by atoms with Gasteiger partial charge in [0.25, 0.3) is 5.56 Å². The van der Waals surface area contributed by atoms with E-state index in [4.69, 9.17) is 0 Å². The van der Waals surface area contributed by atoms with Crippen LogP contribution < -0.4 is 10.9 Å². The fraction of sp³-hybridized carbons (Fsp3) is 0.235. The molecule has 23 heavy (non-hydrogen) atoms. The van der Waals surface area contributed by atoms with Gasteiger partial charge in [0, 0.05) is 25.1 Å². The van der Waals surface area contributed by atoms with Crippen LogP contribution in [0.1, 0.15) is 12.5 Å². The van der Waals surface area contributed by atoms with Crippen molar-refractivity contribution in [2.75, 3.05) is 5.32 Å². The molecule has 1 N–H and O–H groups in total. The third-order valence-electron chi connectivity index (χ3n) is 3.75. The largest absolute Gasteiger partial charge is 0.338 e. The molecule has 6 nitrogen and oxygen atoms in total. The van der Waals surface area contributed by atoms with Crippen molar-refractivity contribution in [1.29, 1.82) is 0 Å². The Morgan fingerprint density at radius 1 is 1.22 bits per heavy atom. The van der Waals surface area contributed by atoms with E-state index in [1.165, 1.54) is 0 Å². The van der Waals surface area contributed by atoms with E-state index in [1.807, 2.05) is 32.0 Å². The maximum absolute atomic E-state index is 12.2. The smallest absolute Gasteiger partial charge is 0.259 e. The highest BCUT2D eigenvalue weighted by atomic mass is 16.2. The molecular formula is C17H18N4O2. The first kappa shape index (κ1) is 15.0. The summed E-state index contributed by atoms with van der Waals surface area (Å²) in [6, 6.07) is 7.29. The summed E-state index contributed by atoms with van der Waals surface area (Å²) < 4.78 is 3.41. The second-order valence-corrected chi connectivity index (χ2v) is 5.42. The fourth-order valence-electron chi connectivity index (χ4n) is 2.56. The molecule has 0 aliphatic rings. The summed E-state index contributed by atoms with van der Waals surface area (Å²) in [6.07, 6.45) is 5.17. The Morgan fingerprint density at radius 3 is 2.74 bits per heavy atom. The van der Waals surface area contributed by atoms with E-state index in [9.17, 15) is 9.59 Å². The molecule has 0 unspecified atom stereocenters. The van der Waals surface area contributed by atoms with E-state index in [0.717, 1.165) is 11.1 Å². The summed E-state index contributed by atoms with van der Waals surface area (Å²) in [5.74, 6) is 0.347. The van der Waals surface area contributed by atoms with E-state index in [-0.39, 0.29) is 18.0 Å². The lowest BCUT2D eigenvalue weighted by molar-refractivity contribution is -0.116. The van der Waals surface area contributed by atoms with Crippen LogP contribution >= 0.6 is 0 Å². The minimum Gasteiger partial charge on any atom is -0.338 e. The number of nitrogens with zero attached hydrogens (tertiary/aromatic N) is 3. The molecule has 118 valence electrons. The van der Waals surface area contributed by atoms with Crippen molar-refractivity contribution in [1.82, 2.24) is 14.1 Å². The number of rotatable bonds is 4. The lowest BCUT2D eigenvalue weighted by atomic mass is 10.3. The molecule has 0 spiro atoms. The number of hydrogen-bond acceptors (Lipinski definition) is 3. The Bertz CT molecular complexity index is 924. The van der Waals surface area contributed by atoms with Crippen LogP contribution in [0.25, 0.3) is 10.9 Å². The van der Waals surface area contributed by atoms with Crippen LogP contribution in [0, 0.1) is 6.92 Å². The highest BCUT2D eigenvalue weighted by molar-refractivity contribution is 5.91. The SMILES string of the molecule is CCn1ccc2c(ccn2CC(=O)Nc2cc(C)ccn2)c1=O. The molecule has 0 saturated heterocycles. The lowest BCUT2D eigenvalue weighted by Crippen LogP contribution is -2.20. The number of fused-ring (bicyclic) bond motifs is 1. The van der Waals surface area contributed by atoms with Gasteiger partial charge in [-0.1, -0.05) is 0 Å². The quantitative estimate of drug-likeness (QED) is 0.803. The Balaban J connectivity index is 1.83. The van der Waals surface area contributed by atoms with Crippen molar-refractivity contribution >= 4 is 22.6 Å². The Morgan fingerprint density at radius 2 is 2.00 bits per heavy atom. The first-order chi connectivity index (χ1) is 11.1. The number of carbonyl (C=O) groups is 1. The zero-order valence-corrected chi connectivity index (χ0v) is 13.1. The monoisotopic (exact) mass is 310 g/mol. The van der Waals surface area contributed by atoms with Gasteiger partial charge in [0.15, 0.2) is 0 Å². The first-order valence-corrected chi connectivity index (χ1v) is 7.49. The van der Waals surface area contributed by atoms with Gasteiger partial charge in [-0.3, -0.25) is 9.59 Å². The summed E-state index contributed by atoms with van der Waals surface area (Å²) in [5.41, 5.74) is 1.75. The maximum Gasteiger partial charge on any atom is 0.259 e. The number of carbonyl (C=O) groups excluding carboxylic acids is 1. The number of nitrogens with one attached hydrogen (secondary N) is 1. The molecule has 6 heteroatoms. The van der Waals surface area contributed by atoms with Crippen molar-refractivity contribution in [3.8, 4) is 0 Å². The van der Waals surface area contributed by atoms with Gasteiger partial charge in [-0.2, -0.15) is 0 Å². The van der Waals surface area contributed by atoms with Crippen LogP contribution in [0.3, 0.4) is 0 Å². The van der Waals surface area contributed by atoms with Gasteiger partial charge in [0.1, 0.15) is 12.4 Å². The topological polar surface area (TPSA) is 68.9 Å². The van der Waals surface area contributed by atoms with E-state index in [1.54, 1.807) is 33.8 Å². The third-order valence-corrected chi connectivity index (χ3v) is 3.75. The Kier molecular flexibility index (Phi) is 3.97. The number of pyridine rings is 2. The van der Waals surface area contributed by atoms with Crippen molar-refractivity contribution in [2.24, 2.45) is 0 Å². The normalized spacial score (nSPS) is 10.9. The first-order valence-electron chi connectivity index (χ1n) is 7.49. The number of aromatic nitrogens is 3. The minimum atomic E-state index is -0.180. The van der Waals surface area contributed by atoms with Crippen LogP contribution in [0.2, 0.25) is 0 Å². The highest BCUT2D eigenvalue weighted by Crippen LogP contribution is 2.12. The van der Waals surface area contributed by atoms with Crippen LogP contribution in [-0.4, -0.2) is 20.0 Å². The standard InChI is InChI=1S/C17H18N4O2/c1-3-20-9-6-14-13(17(20)23)5-8-21(14)11-16(22)19-15-10-12(2)4-7-18-15/h4-10H,3,11H2,1-2H3,(H,18,19,22). The molecule has 0 saturated carbocycles. The molecule has 0 bridgehead atoms. The summed E-state index contributed by atoms with van der Waals surface area (Å²) in [7, 11) is 0. The van der Waals surface area contributed by atoms with Crippen LogP contribution in [-0.2, 0) is 17.9 Å². The van der Waals surface area contributed by atoms with Crippen LogP contribution in [0.15, 0.2) is 47.7 Å². The molecule has 0 aliphatic heterocycles. The predicted octanol–water partition coefficient (Wildman–Crippen LogP) is 2.17. The van der Waals surface area contributed by atoms with Crippen molar-refractivity contribution in [2.45, 2.75) is 26.9 Å². The van der Waals surface area contributed by atoms with E-state index >= 15 is 0 Å². The maximum atomic E-state index is 12.2. The highest BCUT2D eigenvalue weighted by Gasteiger charge is 2.10. The second-order valence-electron chi connectivity index (χ2n) is 5.42. The third kappa shape index (κ3) is 3.01. The molecule has 0 fully saturated rings. The summed E-state index contributed by atoms with van der Waals surface area (Å²) >= 11 is 0. The molecule has 0 aliphatic carbocycles. The van der Waals surface area contributed by atoms with Gasteiger partial charge in [-0.25, -0.2) is 4.98 Å². The molecule has 0 radical (unpaired) electrons. The van der Waals surface area contributed by atoms with Gasteiger partial charge >= 0.3 is 0 Å². The molecule has 0 aromatic carbocycles. The summed E-state index contributed by atoms with van der Waals surface area (Å²) in [6.45, 7) is 4.62. The molecule has 3 aromatic heterocycles. The summed E-state index contributed by atoms with van der Waals surface area (Å²) in [4.78, 5) is 28.5. The molecule has 3 heterocycles. The fourth-order valence-corrected chi connectivity index (χ4v) is 2.56. The number of hydrogen-bond donors (Lipinski definition) is 1. The van der Waals surface area contributed by atoms with Crippen molar-refractivity contribution in [3.63, 3.8) is 0 Å². The van der Waals surface area contributed by atoms with E-state index in [2.05, 4.69) is 10.3 Å². The number of amides is 1. The zero-order chi connectivity index (χ0) is 16.4. The average molecular weight is 310 g/mol. The minimum absolute atomic E-state index is 0.0375. The Hall–Kier alpha value is -2.89. The van der Waals surface area contributed by atoms with Crippen LogP contribution in [0.4, 0.5) is 5.82 Å². The van der Waals surface area contributed by atoms with Gasteiger partial charge in [-0.05, 0) is 43.7 Å². The van der Waals surface area contributed by atoms with Gasteiger partial charge in [0.2, 0.25) is 5.91 Å². The predicted molar refractivity (Wildman–Crippen MR) is 89.5 cm³/mol. The number of aryl methyl sites for hydroxylation is 2. The van der Waals surface area contributed by atoms with E-state index < -0.39 is 0 Å². The molecule has 3 aromatic rings.